The number of methoxy groups -OCH3 is 1. The summed E-state index contributed by atoms with van der Waals surface area (Å²) in [7, 11) is 1.63. The Hall–Kier alpha value is -1.59. The van der Waals surface area contributed by atoms with E-state index in [1.54, 1.807) is 13.2 Å². The third-order valence-corrected chi connectivity index (χ3v) is 3.79. The third-order valence-electron chi connectivity index (χ3n) is 3.01. The van der Waals surface area contributed by atoms with Crippen LogP contribution in [0.2, 0.25) is 5.02 Å². The van der Waals surface area contributed by atoms with E-state index >= 15 is 0 Å². The Morgan fingerprint density at radius 1 is 1.43 bits per heavy atom. The molecule has 0 amide bonds. The van der Waals surface area contributed by atoms with Crippen LogP contribution in [-0.2, 0) is 0 Å². The molecule has 0 aliphatic carbocycles. The summed E-state index contributed by atoms with van der Waals surface area (Å²) in [5.41, 5.74) is 1.42. The highest BCUT2D eigenvalue weighted by Crippen LogP contribution is 2.31. The van der Waals surface area contributed by atoms with Crippen LogP contribution in [-0.4, -0.2) is 18.4 Å². The van der Waals surface area contributed by atoms with Gasteiger partial charge in [-0.2, -0.15) is 0 Å². The molecule has 2 aromatic rings. The summed E-state index contributed by atoms with van der Waals surface area (Å²) in [5.74, 6) is 1.30. The smallest absolute Gasteiger partial charge is 0.151 e. The molecule has 1 N–H and O–H groups in total. The van der Waals surface area contributed by atoms with E-state index in [1.807, 2.05) is 25.1 Å². The monoisotopic (exact) mass is 368 g/mol. The average molecular weight is 370 g/mol. The van der Waals surface area contributed by atoms with Gasteiger partial charge in [0.05, 0.1) is 18.2 Å². The summed E-state index contributed by atoms with van der Waals surface area (Å²) < 4.78 is 6.33. The lowest BCUT2D eigenvalue weighted by molar-refractivity contribution is 0.112. The minimum absolute atomic E-state index is 0.0652. The van der Waals surface area contributed by atoms with E-state index in [-0.39, 0.29) is 6.04 Å². The lowest BCUT2D eigenvalue weighted by Gasteiger charge is -2.19. The predicted molar refractivity (Wildman–Crippen MR) is 87.4 cm³/mol. The number of benzene rings is 1. The van der Waals surface area contributed by atoms with Gasteiger partial charge < -0.3 is 10.1 Å². The third kappa shape index (κ3) is 3.74. The van der Waals surface area contributed by atoms with E-state index in [9.17, 15) is 4.79 Å². The first-order valence-electron chi connectivity index (χ1n) is 6.26. The Morgan fingerprint density at radius 2 is 2.19 bits per heavy atom. The molecule has 21 heavy (non-hydrogen) atoms. The molecule has 1 aromatic heterocycles. The van der Waals surface area contributed by atoms with Gasteiger partial charge in [0.1, 0.15) is 11.6 Å². The van der Waals surface area contributed by atoms with Crippen molar-refractivity contribution in [2.24, 2.45) is 0 Å². The van der Waals surface area contributed by atoms with E-state index < -0.39 is 0 Å². The molecule has 1 unspecified atom stereocenters. The Balaban J connectivity index is 2.27. The second-order valence-corrected chi connectivity index (χ2v) is 5.79. The maximum absolute atomic E-state index is 10.7. The summed E-state index contributed by atoms with van der Waals surface area (Å²) in [6, 6.07) is 7.30. The number of nitrogens with one attached hydrogen (secondary N) is 1. The largest absolute Gasteiger partial charge is 0.496 e. The minimum Gasteiger partial charge on any atom is -0.496 e. The van der Waals surface area contributed by atoms with Crippen LogP contribution in [0.4, 0.5) is 5.82 Å². The Labute approximate surface area is 136 Å². The van der Waals surface area contributed by atoms with Gasteiger partial charge in [-0.15, -0.1) is 0 Å². The predicted octanol–water partition coefficient (Wildman–Crippen LogP) is 4.49. The van der Waals surface area contributed by atoms with E-state index in [0.29, 0.717) is 22.7 Å². The van der Waals surface area contributed by atoms with E-state index in [0.717, 1.165) is 15.8 Å². The maximum atomic E-state index is 10.7. The molecule has 2 rings (SSSR count). The number of carbonyl (C=O) groups excluding carboxylic acids is 1. The van der Waals surface area contributed by atoms with Crippen LogP contribution >= 0.6 is 27.5 Å². The summed E-state index contributed by atoms with van der Waals surface area (Å²) >= 11 is 9.57. The highest BCUT2D eigenvalue weighted by atomic mass is 79.9. The van der Waals surface area contributed by atoms with Crippen molar-refractivity contribution in [1.29, 1.82) is 0 Å². The highest BCUT2D eigenvalue weighted by molar-refractivity contribution is 9.10. The van der Waals surface area contributed by atoms with Crippen molar-refractivity contribution in [2.75, 3.05) is 12.4 Å². The number of anilines is 1. The molecule has 0 aliphatic rings. The lowest BCUT2D eigenvalue weighted by atomic mass is 10.1. The van der Waals surface area contributed by atoms with Gasteiger partial charge in [0, 0.05) is 21.8 Å². The van der Waals surface area contributed by atoms with Crippen LogP contribution in [0.5, 0.6) is 5.75 Å². The van der Waals surface area contributed by atoms with Crippen LogP contribution in [0.25, 0.3) is 0 Å². The van der Waals surface area contributed by atoms with Crippen LogP contribution in [0, 0.1) is 0 Å². The molecule has 0 spiro atoms. The lowest BCUT2D eigenvalue weighted by Crippen LogP contribution is -2.10. The quantitative estimate of drug-likeness (QED) is 0.789. The molecule has 0 bridgehead atoms. The van der Waals surface area contributed by atoms with Gasteiger partial charge in [0.2, 0.25) is 0 Å². The number of rotatable bonds is 5. The second-order valence-electron chi connectivity index (χ2n) is 4.47. The Kier molecular flexibility index (Phi) is 5.20. The SMILES string of the molecule is COc1ccc(Br)cc1C(C)Nc1ncc(C=O)cc1Cl. The molecule has 1 heterocycles. The van der Waals surface area contributed by atoms with Gasteiger partial charge in [0.15, 0.2) is 6.29 Å². The number of hydrogen-bond acceptors (Lipinski definition) is 4. The van der Waals surface area contributed by atoms with Crippen LogP contribution in [0.15, 0.2) is 34.9 Å². The standard InChI is InChI=1S/C15H14BrClN2O2/c1-9(12-6-11(16)3-4-14(12)21-2)19-15-13(17)5-10(8-20)7-18-15/h3-9H,1-2H3,(H,18,19). The minimum atomic E-state index is -0.0652. The first-order valence-corrected chi connectivity index (χ1v) is 7.43. The fourth-order valence-corrected chi connectivity index (χ4v) is 2.56. The van der Waals surface area contributed by atoms with E-state index in [1.165, 1.54) is 6.20 Å². The zero-order valence-corrected chi connectivity index (χ0v) is 13.9. The molecule has 0 radical (unpaired) electrons. The number of ether oxygens (including phenoxy) is 1. The normalized spacial score (nSPS) is 11.8. The van der Waals surface area contributed by atoms with Gasteiger partial charge in [-0.1, -0.05) is 27.5 Å². The Bertz CT molecular complexity index is 664. The highest BCUT2D eigenvalue weighted by Gasteiger charge is 2.14. The van der Waals surface area contributed by atoms with Crippen molar-refractivity contribution in [1.82, 2.24) is 4.98 Å². The molecule has 0 aliphatic heterocycles. The number of aromatic nitrogens is 1. The number of halogens is 2. The van der Waals surface area contributed by atoms with Crippen molar-refractivity contribution in [3.05, 3.63) is 51.1 Å². The number of aldehydes is 1. The summed E-state index contributed by atoms with van der Waals surface area (Å²) in [6.07, 6.45) is 2.19. The van der Waals surface area contributed by atoms with Crippen molar-refractivity contribution >= 4 is 39.6 Å². The second kappa shape index (κ2) is 6.91. The molecule has 0 saturated carbocycles. The van der Waals surface area contributed by atoms with Crippen molar-refractivity contribution < 1.29 is 9.53 Å². The molecule has 1 aromatic carbocycles. The van der Waals surface area contributed by atoms with E-state index in [2.05, 4.69) is 26.2 Å². The number of pyridine rings is 1. The number of nitrogens with zero attached hydrogens (tertiary/aromatic N) is 1. The molecule has 0 saturated heterocycles. The fourth-order valence-electron chi connectivity index (χ4n) is 1.95. The van der Waals surface area contributed by atoms with Crippen molar-refractivity contribution in [2.45, 2.75) is 13.0 Å². The van der Waals surface area contributed by atoms with Crippen molar-refractivity contribution in [3.63, 3.8) is 0 Å². The first-order chi connectivity index (χ1) is 10.0. The molecule has 4 nitrogen and oxygen atoms in total. The van der Waals surface area contributed by atoms with Crippen molar-refractivity contribution in [3.8, 4) is 5.75 Å². The number of hydrogen-bond donors (Lipinski definition) is 1. The van der Waals surface area contributed by atoms with Gasteiger partial charge in [-0.25, -0.2) is 4.98 Å². The average Bonchev–Trinajstić information content (AvgIpc) is 2.49. The fraction of sp³-hybridized carbons (Fsp3) is 0.200. The zero-order chi connectivity index (χ0) is 15.4. The van der Waals surface area contributed by atoms with Gasteiger partial charge in [-0.05, 0) is 31.2 Å². The van der Waals surface area contributed by atoms with E-state index in [4.69, 9.17) is 16.3 Å². The zero-order valence-electron chi connectivity index (χ0n) is 11.6. The molecule has 1 atom stereocenters. The van der Waals surface area contributed by atoms with Gasteiger partial charge in [0.25, 0.3) is 0 Å². The summed E-state index contributed by atoms with van der Waals surface area (Å²) in [4.78, 5) is 14.9. The molecular weight excluding hydrogens is 356 g/mol. The van der Waals surface area contributed by atoms with Gasteiger partial charge in [-0.3, -0.25) is 4.79 Å². The molecule has 0 fully saturated rings. The molecule has 6 heteroatoms. The summed E-state index contributed by atoms with van der Waals surface area (Å²) in [5, 5.41) is 3.62. The van der Waals surface area contributed by atoms with Crippen LogP contribution in [0.3, 0.4) is 0 Å². The summed E-state index contributed by atoms with van der Waals surface area (Å²) in [6.45, 7) is 1.98. The first kappa shape index (κ1) is 15.8. The topological polar surface area (TPSA) is 51.2 Å². The maximum Gasteiger partial charge on any atom is 0.151 e. The molecule has 110 valence electrons. The van der Waals surface area contributed by atoms with Gasteiger partial charge >= 0.3 is 0 Å². The molecular formula is C15H14BrClN2O2. The Morgan fingerprint density at radius 3 is 2.81 bits per heavy atom. The van der Waals surface area contributed by atoms with Crippen LogP contribution < -0.4 is 10.1 Å². The van der Waals surface area contributed by atoms with Crippen LogP contribution in [0.1, 0.15) is 28.9 Å². The number of carbonyl (C=O) groups is 1.